The number of aliphatic hydroxyl groups is 2. The third-order valence-electron chi connectivity index (χ3n) is 1.72. The Kier molecular flexibility index (Phi) is 3.49. The fourth-order valence-corrected chi connectivity index (χ4v) is 1.03. The van der Waals surface area contributed by atoms with Gasteiger partial charge in [-0.05, 0) is 19.9 Å². The zero-order valence-electron chi connectivity index (χ0n) is 8.53. The first kappa shape index (κ1) is 11.0. The second-order valence-corrected chi connectivity index (χ2v) is 3.87. The number of hydrogen-bond acceptors (Lipinski definition) is 3. The van der Waals surface area contributed by atoms with Gasteiger partial charge in [-0.15, -0.1) is 0 Å². The topological polar surface area (TPSA) is 49.7 Å². The van der Waals surface area contributed by atoms with Crippen molar-refractivity contribution in [2.45, 2.75) is 26.1 Å². The molecule has 3 heteroatoms. The van der Waals surface area contributed by atoms with Gasteiger partial charge in [0.25, 0.3) is 0 Å². The van der Waals surface area contributed by atoms with Crippen LogP contribution in [0.25, 0.3) is 0 Å². The fourth-order valence-electron chi connectivity index (χ4n) is 1.03. The van der Waals surface area contributed by atoms with Crippen LogP contribution in [0.3, 0.4) is 0 Å². The molecule has 0 unspecified atom stereocenters. The molecule has 2 N–H and O–H groups in total. The van der Waals surface area contributed by atoms with Crippen LogP contribution in [-0.4, -0.2) is 22.4 Å². The summed E-state index contributed by atoms with van der Waals surface area (Å²) >= 11 is 0. The lowest BCUT2D eigenvalue weighted by molar-refractivity contribution is 0.0277. The average molecular weight is 196 g/mol. The number of hydrogen-bond donors (Lipinski definition) is 2. The van der Waals surface area contributed by atoms with Crippen LogP contribution in [0.2, 0.25) is 0 Å². The van der Waals surface area contributed by atoms with Gasteiger partial charge in [0.1, 0.15) is 12.4 Å². The molecular weight excluding hydrogens is 180 g/mol. The summed E-state index contributed by atoms with van der Waals surface area (Å²) in [4.78, 5) is 0. The summed E-state index contributed by atoms with van der Waals surface area (Å²) in [5.74, 6) is 0.622. The second kappa shape index (κ2) is 4.44. The fraction of sp³-hybridized carbons (Fsp3) is 0.455. The molecule has 1 aromatic rings. The maximum Gasteiger partial charge on any atom is 0.124 e. The minimum Gasteiger partial charge on any atom is -0.490 e. The van der Waals surface area contributed by atoms with Gasteiger partial charge in [0.15, 0.2) is 0 Å². The second-order valence-electron chi connectivity index (χ2n) is 3.87. The molecule has 0 fully saturated rings. The zero-order chi connectivity index (χ0) is 10.6. The molecule has 0 aromatic heterocycles. The van der Waals surface area contributed by atoms with Crippen molar-refractivity contribution in [1.29, 1.82) is 0 Å². The molecule has 3 nitrogen and oxygen atoms in total. The standard InChI is InChI=1S/C11H16O3/c1-11(2,13)8-14-10-6-4-3-5-9(10)7-12/h3-6,12-13H,7-8H2,1-2H3. The van der Waals surface area contributed by atoms with Gasteiger partial charge in [0.05, 0.1) is 12.2 Å². The van der Waals surface area contributed by atoms with Crippen LogP contribution < -0.4 is 4.74 Å². The molecule has 0 bridgehead atoms. The van der Waals surface area contributed by atoms with E-state index in [-0.39, 0.29) is 13.2 Å². The molecule has 0 atom stereocenters. The molecule has 78 valence electrons. The van der Waals surface area contributed by atoms with Crippen molar-refractivity contribution in [1.82, 2.24) is 0 Å². The molecule has 0 spiro atoms. The van der Waals surface area contributed by atoms with Crippen molar-refractivity contribution in [2.75, 3.05) is 6.61 Å². The molecule has 0 saturated heterocycles. The Bertz CT molecular complexity index is 289. The lowest BCUT2D eigenvalue weighted by atomic mass is 10.1. The van der Waals surface area contributed by atoms with E-state index in [0.717, 1.165) is 5.56 Å². The van der Waals surface area contributed by atoms with E-state index in [1.165, 1.54) is 0 Å². The molecule has 0 radical (unpaired) electrons. The van der Waals surface area contributed by atoms with Crippen LogP contribution >= 0.6 is 0 Å². The highest BCUT2D eigenvalue weighted by molar-refractivity contribution is 5.32. The smallest absolute Gasteiger partial charge is 0.124 e. The largest absolute Gasteiger partial charge is 0.490 e. The third-order valence-corrected chi connectivity index (χ3v) is 1.72. The first-order valence-electron chi connectivity index (χ1n) is 4.57. The Morgan fingerprint density at radius 1 is 1.29 bits per heavy atom. The number of benzene rings is 1. The van der Waals surface area contributed by atoms with Crippen molar-refractivity contribution >= 4 is 0 Å². The molecule has 0 amide bonds. The summed E-state index contributed by atoms with van der Waals surface area (Å²) in [6.07, 6.45) is 0. The number of rotatable bonds is 4. The maximum atomic E-state index is 9.46. The highest BCUT2D eigenvalue weighted by atomic mass is 16.5. The Morgan fingerprint density at radius 3 is 2.50 bits per heavy atom. The number of aliphatic hydroxyl groups excluding tert-OH is 1. The summed E-state index contributed by atoms with van der Waals surface area (Å²) in [6, 6.07) is 7.23. The Labute approximate surface area is 84.0 Å². The normalized spacial score (nSPS) is 11.4. The van der Waals surface area contributed by atoms with Crippen LogP contribution in [0.4, 0.5) is 0 Å². The van der Waals surface area contributed by atoms with Gasteiger partial charge in [-0.2, -0.15) is 0 Å². The summed E-state index contributed by atoms with van der Waals surface area (Å²) in [6.45, 7) is 3.51. The highest BCUT2D eigenvalue weighted by Gasteiger charge is 2.14. The summed E-state index contributed by atoms with van der Waals surface area (Å²) in [5.41, 5.74) is -0.125. The van der Waals surface area contributed by atoms with E-state index in [9.17, 15) is 5.11 Å². The lowest BCUT2D eigenvalue weighted by Crippen LogP contribution is -2.28. The van der Waals surface area contributed by atoms with E-state index in [1.807, 2.05) is 12.1 Å². The van der Waals surface area contributed by atoms with Gasteiger partial charge in [0, 0.05) is 5.56 Å². The van der Waals surface area contributed by atoms with Crippen molar-refractivity contribution < 1.29 is 14.9 Å². The summed E-state index contributed by atoms with van der Waals surface area (Å²) < 4.78 is 5.38. The first-order chi connectivity index (χ1) is 6.53. The van der Waals surface area contributed by atoms with Gasteiger partial charge in [0.2, 0.25) is 0 Å². The molecule has 0 heterocycles. The van der Waals surface area contributed by atoms with E-state index >= 15 is 0 Å². The Hall–Kier alpha value is -1.06. The molecular formula is C11H16O3. The lowest BCUT2D eigenvalue weighted by Gasteiger charge is -2.18. The van der Waals surface area contributed by atoms with E-state index < -0.39 is 5.60 Å². The predicted molar refractivity (Wildman–Crippen MR) is 54.2 cm³/mol. The van der Waals surface area contributed by atoms with Crippen molar-refractivity contribution in [3.8, 4) is 5.75 Å². The monoisotopic (exact) mass is 196 g/mol. The minimum absolute atomic E-state index is 0.0535. The summed E-state index contributed by atoms with van der Waals surface area (Å²) in [7, 11) is 0. The molecule has 0 saturated carbocycles. The van der Waals surface area contributed by atoms with Gasteiger partial charge in [-0.25, -0.2) is 0 Å². The highest BCUT2D eigenvalue weighted by Crippen LogP contribution is 2.18. The SMILES string of the molecule is CC(C)(O)COc1ccccc1CO. The number of para-hydroxylation sites is 1. The Morgan fingerprint density at radius 2 is 1.93 bits per heavy atom. The molecule has 0 aliphatic carbocycles. The van der Waals surface area contributed by atoms with E-state index in [0.29, 0.717) is 5.75 Å². The van der Waals surface area contributed by atoms with Crippen LogP contribution in [0.1, 0.15) is 19.4 Å². The molecule has 14 heavy (non-hydrogen) atoms. The average Bonchev–Trinajstić information content (AvgIpc) is 2.14. The quantitative estimate of drug-likeness (QED) is 0.763. The van der Waals surface area contributed by atoms with E-state index in [2.05, 4.69) is 0 Å². The molecule has 0 aliphatic rings. The van der Waals surface area contributed by atoms with Gasteiger partial charge >= 0.3 is 0 Å². The van der Waals surface area contributed by atoms with E-state index in [4.69, 9.17) is 9.84 Å². The minimum atomic E-state index is -0.859. The van der Waals surface area contributed by atoms with Crippen molar-refractivity contribution in [3.63, 3.8) is 0 Å². The maximum absolute atomic E-state index is 9.46. The first-order valence-corrected chi connectivity index (χ1v) is 4.57. The molecule has 0 aliphatic heterocycles. The van der Waals surface area contributed by atoms with Crippen LogP contribution in [-0.2, 0) is 6.61 Å². The van der Waals surface area contributed by atoms with Gasteiger partial charge in [-0.1, -0.05) is 18.2 Å². The molecule has 1 rings (SSSR count). The predicted octanol–water partition coefficient (Wildman–Crippen LogP) is 1.33. The van der Waals surface area contributed by atoms with Crippen molar-refractivity contribution in [3.05, 3.63) is 29.8 Å². The van der Waals surface area contributed by atoms with Crippen LogP contribution in [0, 0.1) is 0 Å². The Balaban J connectivity index is 2.67. The molecule has 1 aromatic carbocycles. The third kappa shape index (κ3) is 3.36. The van der Waals surface area contributed by atoms with Gasteiger partial charge < -0.3 is 14.9 Å². The zero-order valence-corrected chi connectivity index (χ0v) is 8.53. The summed E-state index contributed by atoms with van der Waals surface area (Å²) in [5, 5.41) is 18.5. The van der Waals surface area contributed by atoms with Crippen LogP contribution in [0.5, 0.6) is 5.75 Å². The van der Waals surface area contributed by atoms with Gasteiger partial charge in [-0.3, -0.25) is 0 Å². The number of ether oxygens (including phenoxy) is 1. The van der Waals surface area contributed by atoms with E-state index in [1.54, 1.807) is 26.0 Å². The van der Waals surface area contributed by atoms with Crippen molar-refractivity contribution in [2.24, 2.45) is 0 Å². The van der Waals surface area contributed by atoms with Crippen LogP contribution in [0.15, 0.2) is 24.3 Å².